The summed E-state index contributed by atoms with van der Waals surface area (Å²) in [5, 5.41) is 7.37. The van der Waals surface area contributed by atoms with Crippen LogP contribution in [0.3, 0.4) is 0 Å². The van der Waals surface area contributed by atoms with Crippen LogP contribution in [0, 0.1) is 11.6 Å². The van der Waals surface area contributed by atoms with E-state index in [-0.39, 0.29) is 56.1 Å². The second-order valence-corrected chi connectivity index (χ2v) is 12.4. The van der Waals surface area contributed by atoms with E-state index in [1.807, 2.05) is 0 Å². The molecule has 0 amide bonds. The van der Waals surface area contributed by atoms with Crippen LogP contribution in [0.15, 0.2) is 80.8 Å². The molecule has 0 aliphatic heterocycles. The molecule has 0 radical (unpaired) electrons. The molecule has 6 aromatic rings. The van der Waals surface area contributed by atoms with Crippen molar-refractivity contribution in [3.63, 3.8) is 0 Å². The standard InChI is InChI=1S/C31H24F2N6O4S/c1-15(28-23(17-4-2-5-18(32)14-17)27(40)24-21(33)6-3-7-22(24)43-28)30-35-29(34)25-26(37-38-31(25)36-30)16-8-12-20(13-9-16)44(41,42)39-19-10-11-19/h2-9,12-15,19,39H,10-11H2,1H3,(H3,34,35,36,37,38). The Labute approximate surface area is 249 Å². The molecule has 3 aromatic heterocycles. The van der Waals surface area contributed by atoms with Gasteiger partial charge in [-0.2, -0.15) is 5.10 Å². The van der Waals surface area contributed by atoms with Gasteiger partial charge in [0.2, 0.25) is 15.5 Å². The van der Waals surface area contributed by atoms with Crippen molar-refractivity contribution in [1.29, 1.82) is 0 Å². The number of nitrogen functional groups attached to an aromatic ring is 1. The molecule has 3 heterocycles. The summed E-state index contributed by atoms with van der Waals surface area (Å²) in [6, 6.07) is 15.7. The number of H-pyrrole nitrogens is 1. The maximum atomic E-state index is 14.8. The largest absolute Gasteiger partial charge is 0.459 e. The van der Waals surface area contributed by atoms with Crippen LogP contribution in [-0.2, 0) is 10.0 Å². The fraction of sp³-hybridized carbons (Fsp3) is 0.161. The van der Waals surface area contributed by atoms with Crippen LogP contribution in [-0.4, -0.2) is 34.6 Å². The Morgan fingerprint density at radius 1 is 1.00 bits per heavy atom. The lowest BCUT2D eigenvalue weighted by molar-refractivity contribution is 0.512. The summed E-state index contributed by atoms with van der Waals surface area (Å²) in [6.07, 6.45) is 1.66. The van der Waals surface area contributed by atoms with Gasteiger partial charge in [0.15, 0.2) is 5.65 Å². The molecule has 1 fully saturated rings. The number of nitrogens with one attached hydrogen (secondary N) is 2. The molecule has 3 aromatic carbocycles. The summed E-state index contributed by atoms with van der Waals surface area (Å²) in [7, 11) is -3.62. The summed E-state index contributed by atoms with van der Waals surface area (Å²) in [6.45, 7) is 1.69. The number of halogens is 2. The quantitative estimate of drug-likeness (QED) is 0.220. The zero-order valence-electron chi connectivity index (χ0n) is 23.1. The fourth-order valence-corrected chi connectivity index (χ4v) is 6.52. The lowest BCUT2D eigenvalue weighted by atomic mass is 9.95. The average molecular weight is 615 g/mol. The fourth-order valence-electron chi connectivity index (χ4n) is 5.22. The van der Waals surface area contributed by atoms with E-state index >= 15 is 0 Å². The first kappa shape index (κ1) is 27.8. The summed E-state index contributed by atoms with van der Waals surface area (Å²) in [4.78, 5) is 22.9. The molecular weight excluding hydrogens is 590 g/mol. The number of hydrogen-bond acceptors (Lipinski definition) is 8. The van der Waals surface area contributed by atoms with Gasteiger partial charge >= 0.3 is 0 Å². The van der Waals surface area contributed by atoms with E-state index in [0.717, 1.165) is 18.9 Å². The van der Waals surface area contributed by atoms with Crippen molar-refractivity contribution in [1.82, 2.24) is 24.9 Å². The molecule has 10 nitrogen and oxygen atoms in total. The molecule has 0 spiro atoms. The van der Waals surface area contributed by atoms with Crippen molar-refractivity contribution in [3.8, 4) is 22.4 Å². The van der Waals surface area contributed by atoms with Crippen LogP contribution in [0.1, 0.15) is 37.3 Å². The van der Waals surface area contributed by atoms with E-state index in [1.54, 1.807) is 19.1 Å². The topological polar surface area (TPSA) is 157 Å². The van der Waals surface area contributed by atoms with E-state index in [2.05, 4.69) is 24.9 Å². The van der Waals surface area contributed by atoms with Crippen LogP contribution < -0.4 is 15.9 Å². The zero-order valence-corrected chi connectivity index (χ0v) is 24.0. The molecule has 1 saturated carbocycles. The SMILES string of the molecule is CC(c1nc(N)c2c(-c3ccc(S(=O)(=O)NC4CC4)cc3)[nH]nc2n1)c1oc2cccc(F)c2c(=O)c1-c1cccc(F)c1. The Balaban J connectivity index is 1.31. The average Bonchev–Trinajstić information content (AvgIpc) is 3.69. The minimum atomic E-state index is -3.62. The molecule has 7 rings (SSSR count). The van der Waals surface area contributed by atoms with Gasteiger partial charge in [-0.3, -0.25) is 9.89 Å². The monoisotopic (exact) mass is 614 g/mol. The number of nitrogens with two attached hydrogens (primary N) is 1. The van der Waals surface area contributed by atoms with Crippen molar-refractivity contribution in [2.75, 3.05) is 5.73 Å². The van der Waals surface area contributed by atoms with Crippen LogP contribution in [0.5, 0.6) is 0 Å². The van der Waals surface area contributed by atoms with Gasteiger partial charge in [-0.1, -0.05) is 30.3 Å². The highest BCUT2D eigenvalue weighted by molar-refractivity contribution is 7.89. The number of hydrogen-bond donors (Lipinski definition) is 3. The molecule has 222 valence electrons. The summed E-state index contributed by atoms with van der Waals surface area (Å²) in [5.74, 6) is -1.78. The summed E-state index contributed by atoms with van der Waals surface area (Å²) in [5.41, 5.74) is 7.29. The van der Waals surface area contributed by atoms with Crippen LogP contribution in [0.25, 0.3) is 44.4 Å². The van der Waals surface area contributed by atoms with Crippen molar-refractivity contribution < 1.29 is 21.6 Å². The molecule has 1 aliphatic carbocycles. The smallest absolute Gasteiger partial charge is 0.240 e. The third-order valence-electron chi connectivity index (χ3n) is 7.60. The third kappa shape index (κ3) is 4.79. The molecular formula is C31H24F2N6O4S. The van der Waals surface area contributed by atoms with Crippen LogP contribution in [0.4, 0.5) is 14.6 Å². The summed E-state index contributed by atoms with van der Waals surface area (Å²) >= 11 is 0. The molecule has 1 atom stereocenters. The number of aromatic nitrogens is 4. The van der Waals surface area contributed by atoms with Gasteiger partial charge < -0.3 is 10.2 Å². The second-order valence-electron chi connectivity index (χ2n) is 10.7. The Morgan fingerprint density at radius 3 is 2.48 bits per heavy atom. The molecule has 1 aliphatic rings. The molecule has 0 saturated heterocycles. The normalized spacial score (nSPS) is 14.3. The van der Waals surface area contributed by atoms with Crippen LogP contribution >= 0.6 is 0 Å². The van der Waals surface area contributed by atoms with Gasteiger partial charge in [0.05, 0.1) is 27.5 Å². The van der Waals surface area contributed by atoms with Gasteiger partial charge in [0, 0.05) is 11.6 Å². The zero-order chi connectivity index (χ0) is 30.7. The van der Waals surface area contributed by atoms with Gasteiger partial charge in [0.1, 0.15) is 40.0 Å². The van der Waals surface area contributed by atoms with E-state index in [9.17, 15) is 22.0 Å². The maximum absolute atomic E-state index is 14.8. The Hall–Kier alpha value is -5.01. The van der Waals surface area contributed by atoms with E-state index in [0.29, 0.717) is 16.6 Å². The highest BCUT2D eigenvalue weighted by Gasteiger charge is 2.29. The van der Waals surface area contributed by atoms with Crippen molar-refractivity contribution in [3.05, 3.63) is 100 Å². The van der Waals surface area contributed by atoms with Crippen molar-refractivity contribution in [2.24, 2.45) is 0 Å². The number of benzene rings is 3. The van der Waals surface area contributed by atoms with Crippen LogP contribution in [0.2, 0.25) is 0 Å². The first-order valence-electron chi connectivity index (χ1n) is 13.8. The first-order chi connectivity index (χ1) is 21.1. The number of anilines is 1. The van der Waals surface area contributed by atoms with Gasteiger partial charge in [-0.25, -0.2) is 31.9 Å². The molecule has 4 N–H and O–H groups in total. The van der Waals surface area contributed by atoms with Crippen molar-refractivity contribution >= 4 is 37.8 Å². The number of fused-ring (bicyclic) bond motifs is 2. The minimum Gasteiger partial charge on any atom is -0.459 e. The van der Waals surface area contributed by atoms with Gasteiger partial charge in [0.25, 0.3) is 0 Å². The van der Waals surface area contributed by atoms with Gasteiger partial charge in [-0.15, -0.1) is 0 Å². The highest BCUT2D eigenvalue weighted by atomic mass is 32.2. The number of nitrogens with zero attached hydrogens (tertiary/aromatic N) is 3. The lowest BCUT2D eigenvalue weighted by Crippen LogP contribution is -2.25. The molecule has 44 heavy (non-hydrogen) atoms. The number of rotatable bonds is 7. The maximum Gasteiger partial charge on any atom is 0.240 e. The predicted octanol–water partition coefficient (Wildman–Crippen LogP) is 5.25. The van der Waals surface area contributed by atoms with E-state index in [1.165, 1.54) is 48.5 Å². The lowest BCUT2D eigenvalue weighted by Gasteiger charge is -2.16. The molecule has 1 unspecified atom stereocenters. The predicted molar refractivity (Wildman–Crippen MR) is 160 cm³/mol. The number of aromatic amines is 1. The molecule has 0 bridgehead atoms. The van der Waals surface area contributed by atoms with Crippen molar-refractivity contribution in [2.45, 2.75) is 36.6 Å². The third-order valence-corrected chi connectivity index (χ3v) is 9.14. The minimum absolute atomic E-state index is 0.0153. The Bertz CT molecular complexity index is 2260. The Morgan fingerprint density at radius 2 is 1.75 bits per heavy atom. The molecule has 13 heteroatoms. The first-order valence-corrected chi connectivity index (χ1v) is 15.2. The summed E-state index contributed by atoms with van der Waals surface area (Å²) < 4.78 is 62.9. The van der Waals surface area contributed by atoms with Gasteiger partial charge in [-0.05, 0) is 61.7 Å². The van der Waals surface area contributed by atoms with E-state index in [4.69, 9.17) is 10.2 Å². The van der Waals surface area contributed by atoms with E-state index < -0.39 is 33.0 Å². The number of sulfonamides is 1. The highest BCUT2D eigenvalue weighted by Crippen LogP contribution is 2.36. The second kappa shape index (κ2) is 10.3. The Kier molecular flexibility index (Phi) is 6.52.